The van der Waals surface area contributed by atoms with Gasteiger partial charge in [0.1, 0.15) is 17.4 Å². The normalized spacial score (nSPS) is 31.5. The predicted octanol–water partition coefficient (Wildman–Crippen LogP) is 2.11. The summed E-state index contributed by atoms with van der Waals surface area (Å²) in [6, 6.07) is 6.06. The van der Waals surface area contributed by atoms with E-state index >= 15 is 0 Å². The van der Waals surface area contributed by atoms with E-state index in [1.165, 1.54) is 0 Å². The van der Waals surface area contributed by atoms with E-state index in [9.17, 15) is 14.4 Å². The molecule has 3 saturated heterocycles. The average Bonchev–Trinajstić information content (AvgIpc) is 3.41. The summed E-state index contributed by atoms with van der Waals surface area (Å²) in [6.07, 6.45) is 1.88. The molecule has 3 aliphatic heterocycles. The maximum absolute atomic E-state index is 13.7. The molecule has 1 aromatic rings. The van der Waals surface area contributed by atoms with Gasteiger partial charge in [-0.15, -0.1) is 0 Å². The number of unbranched alkanes of at least 4 members (excludes halogenated alkanes) is 2. The molecule has 34 heavy (non-hydrogen) atoms. The number of hydrogen-bond donors (Lipinski definition) is 2. The van der Waals surface area contributed by atoms with E-state index in [-0.39, 0.29) is 29.9 Å². The summed E-state index contributed by atoms with van der Waals surface area (Å²) in [7, 11) is 1.57. The lowest BCUT2D eigenvalue weighted by Gasteiger charge is -2.34. The number of amides is 2. The number of nitrogens with zero attached hydrogens (tertiary/aromatic N) is 1. The minimum Gasteiger partial charge on any atom is -0.497 e. The molecule has 3 heterocycles. The van der Waals surface area contributed by atoms with Gasteiger partial charge in [0.05, 0.1) is 31.7 Å². The fourth-order valence-corrected chi connectivity index (χ4v) is 6.58. The maximum atomic E-state index is 13.7. The second-order valence-corrected chi connectivity index (χ2v) is 10.1. The van der Waals surface area contributed by atoms with Crippen LogP contribution in [0.25, 0.3) is 0 Å². The van der Waals surface area contributed by atoms with Crippen LogP contribution in [0.5, 0.6) is 5.75 Å². The lowest BCUT2D eigenvalue weighted by Crippen LogP contribution is -2.54. The molecule has 0 aliphatic carbocycles. The van der Waals surface area contributed by atoms with Crippen molar-refractivity contribution in [1.82, 2.24) is 4.90 Å². The molecule has 6 atom stereocenters. The number of esters is 1. The number of aliphatic hydroxyl groups is 1. The van der Waals surface area contributed by atoms with Gasteiger partial charge in [-0.3, -0.25) is 14.4 Å². The number of nitrogens with one attached hydrogen (secondary N) is 1. The summed E-state index contributed by atoms with van der Waals surface area (Å²) in [5.74, 6) is -1.94. The first-order valence-corrected chi connectivity index (χ1v) is 12.6. The van der Waals surface area contributed by atoms with Gasteiger partial charge < -0.3 is 29.5 Å². The number of halogens is 1. The van der Waals surface area contributed by atoms with Crippen LogP contribution in [-0.2, 0) is 23.9 Å². The van der Waals surface area contributed by atoms with E-state index in [0.717, 1.165) is 6.42 Å². The Morgan fingerprint density at radius 1 is 1.26 bits per heavy atom. The van der Waals surface area contributed by atoms with Crippen LogP contribution in [0.2, 0.25) is 0 Å². The molecule has 1 spiro atoms. The molecule has 3 fully saturated rings. The van der Waals surface area contributed by atoms with Crippen LogP contribution in [0, 0.1) is 11.8 Å². The minimum atomic E-state index is -1.11. The number of rotatable bonds is 10. The molecule has 10 heteroatoms. The molecule has 0 radical (unpaired) electrons. The number of hydrogen-bond acceptors (Lipinski definition) is 7. The molecule has 2 N–H and O–H groups in total. The summed E-state index contributed by atoms with van der Waals surface area (Å²) in [4.78, 5) is 41.6. The highest BCUT2D eigenvalue weighted by Crippen LogP contribution is 2.60. The Bertz CT molecular complexity index is 926. The zero-order valence-electron chi connectivity index (χ0n) is 19.4. The highest BCUT2D eigenvalue weighted by Gasteiger charge is 2.76. The summed E-state index contributed by atoms with van der Waals surface area (Å²) < 4.78 is 16.9. The minimum absolute atomic E-state index is 0.0723. The van der Waals surface area contributed by atoms with Gasteiger partial charge in [-0.05, 0) is 56.9 Å². The fourth-order valence-electron chi connectivity index (χ4n) is 5.63. The Hall–Kier alpha value is -2.17. The lowest BCUT2D eigenvalue weighted by molar-refractivity contribution is -0.154. The first kappa shape index (κ1) is 24.9. The van der Waals surface area contributed by atoms with Gasteiger partial charge in [0, 0.05) is 23.7 Å². The Morgan fingerprint density at radius 3 is 2.65 bits per heavy atom. The second kappa shape index (κ2) is 10.2. The number of benzene rings is 1. The average molecular weight is 539 g/mol. The summed E-state index contributed by atoms with van der Waals surface area (Å²) in [5.41, 5.74) is -0.538. The number of methoxy groups -OCH3 is 1. The van der Waals surface area contributed by atoms with Crippen molar-refractivity contribution in [3.63, 3.8) is 0 Å². The third kappa shape index (κ3) is 4.20. The third-order valence-electron chi connectivity index (χ3n) is 7.01. The van der Waals surface area contributed by atoms with Crippen LogP contribution in [0.3, 0.4) is 0 Å². The molecule has 2 amide bonds. The van der Waals surface area contributed by atoms with E-state index in [1.54, 1.807) is 43.2 Å². The quantitative estimate of drug-likeness (QED) is 0.266. The zero-order valence-corrected chi connectivity index (χ0v) is 21.0. The highest BCUT2D eigenvalue weighted by atomic mass is 79.9. The van der Waals surface area contributed by atoms with Crippen LogP contribution < -0.4 is 10.1 Å². The first-order valence-electron chi connectivity index (χ1n) is 11.7. The lowest BCUT2D eigenvalue weighted by atomic mass is 9.70. The molecular weight excluding hydrogens is 508 g/mol. The van der Waals surface area contributed by atoms with Crippen LogP contribution in [0.1, 0.15) is 32.6 Å². The molecule has 9 nitrogen and oxygen atoms in total. The van der Waals surface area contributed by atoms with Gasteiger partial charge >= 0.3 is 5.97 Å². The molecule has 3 unspecified atom stereocenters. The topological polar surface area (TPSA) is 114 Å². The van der Waals surface area contributed by atoms with Crippen molar-refractivity contribution in [2.75, 3.05) is 32.2 Å². The smallest absolute Gasteiger partial charge is 0.312 e. The fraction of sp³-hybridized carbons (Fsp3) is 0.625. The molecule has 2 bridgehead atoms. The van der Waals surface area contributed by atoms with Gasteiger partial charge in [-0.2, -0.15) is 0 Å². The molecule has 0 aromatic heterocycles. The van der Waals surface area contributed by atoms with Gasteiger partial charge in [-0.25, -0.2) is 0 Å². The van der Waals surface area contributed by atoms with Gasteiger partial charge in [0.2, 0.25) is 11.8 Å². The third-order valence-corrected chi connectivity index (χ3v) is 7.86. The number of aliphatic hydroxyl groups excluding tert-OH is 1. The molecule has 0 saturated carbocycles. The number of ether oxygens (including phenoxy) is 3. The monoisotopic (exact) mass is 538 g/mol. The Morgan fingerprint density at radius 2 is 2.00 bits per heavy atom. The summed E-state index contributed by atoms with van der Waals surface area (Å²) in [6.45, 7) is 2.34. The second-order valence-electron chi connectivity index (χ2n) is 8.95. The van der Waals surface area contributed by atoms with E-state index in [2.05, 4.69) is 21.2 Å². The summed E-state index contributed by atoms with van der Waals surface area (Å²) in [5, 5.41) is 12.0. The van der Waals surface area contributed by atoms with E-state index in [0.29, 0.717) is 37.2 Å². The maximum Gasteiger partial charge on any atom is 0.312 e. The number of likely N-dealkylation sites (tertiary alicyclic amines) is 1. The Kier molecular flexibility index (Phi) is 7.49. The van der Waals surface area contributed by atoms with E-state index in [4.69, 9.17) is 19.3 Å². The SMILES string of the molecule is CCOC(=O)[C@H]1[C@H]2C(=O)N(CCCCCO)C(C(=O)Nc3ccc(OC)cc3)C23CC(Br)[C@@H]1O3. The highest BCUT2D eigenvalue weighted by molar-refractivity contribution is 9.09. The number of carbonyl (C=O) groups excluding carboxylic acids is 3. The van der Waals surface area contributed by atoms with Gasteiger partial charge in [0.15, 0.2) is 0 Å². The molecule has 3 aliphatic rings. The predicted molar refractivity (Wildman–Crippen MR) is 127 cm³/mol. The van der Waals surface area contributed by atoms with Crippen LogP contribution in [0.4, 0.5) is 5.69 Å². The molecule has 1 aromatic carbocycles. The molecule has 186 valence electrons. The van der Waals surface area contributed by atoms with Crippen molar-refractivity contribution in [3.05, 3.63) is 24.3 Å². The van der Waals surface area contributed by atoms with Crippen molar-refractivity contribution in [1.29, 1.82) is 0 Å². The first-order chi connectivity index (χ1) is 16.4. The van der Waals surface area contributed by atoms with Crippen molar-refractivity contribution in [3.8, 4) is 5.75 Å². The standard InChI is InChI=1S/C24H31BrN2O7/c1-3-33-23(31)17-18-22(30)27(11-5-4-6-12-28)20(24(18)13-16(25)19(17)34-24)21(29)26-14-7-9-15(32-2)10-8-14/h7-10,16-20,28H,3-6,11-13H2,1-2H3,(H,26,29)/t16?,17-,18-,19-,20?,24?/m0/s1. The molecular formula is C24H31BrN2O7. The van der Waals surface area contributed by atoms with E-state index in [1.807, 2.05) is 0 Å². The van der Waals surface area contributed by atoms with Crippen LogP contribution in [0.15, 0.2) is 24.3 Å². The van der Waals surface area contributed by atoms with Gasteiger partial charge in [0.25, 0.3) is 0 Å². The number of carbonyl (C=O) groups is 3. The van der Waals surface area contributed by atoms with Crippen molar-refractivity contribution in [2.45, 2.75) is 55.2 Å². The van der Waals surface area contributed by atoms with E-state index < -0.39 is 35.6 Å². The summed E-state index contributed by atoms with van der Waals surface area (Å²) >= 11 is 3.62. The largest absolute Gasteiger partial charge is 0.497 e. The van der Waals surface area contributed by atoms with Crippen molar-refractivity contribution >= 4 is 39.4 Å². The Labute approximate surface area is 207 Å². The van der Waals surface area contributed by atoms with Crippen LogP contribution >= 0.6 is 15.9 Å². The number of fused-ring (bicyclic) bond motifs is 1. The van der Waals surface area contributed by atoms with Crippen LogP contribution in [-0.4, -0.2) is 77.2 Å². The Balaban J connectivity index is 1.65. The van der Waals surface area contributed by atoms with Crippen molar-refractivity contribution in [2.24, 2.45) is 11.8 Å². The zero-order chi connectivity index (χ0) is 24.5. The number of anilines is 1. The molecule has 4 rings (SSSR count). The van der Waals surface area contributed by atoms with Gasteiger partial charge in [-0.1, -0.05) is 15.9 Å². The van der Waals surface area contributed by atoms with Crippen molar-refractivity contribution < 1.29 is 33.7 Å². The number of alkyl halides is 1.